The topological polar surface area (TPSA) is 56.8 Å². The molecule has 1 fully saturated rings. The largest absolute Gasteiger partial charge is 0.443 e. The fourth-order valence-corrected chi connectivity index (χ4v) is 2.68. The van der Waals surface area contributed by atoms with Crippen LogP contribution in [0.25, 0.3) is 0 Å². The van der Waals surface area contributed by atoms with E-state index >= 15 is 0 Å². The number of amides is 1. The van der Waals surface area contributed by atoms with Crippen molar-refractivity contribution in [1.82, 2.24) is 5.32 Å². The van der Waals surface area contributed by atoms with Gasteiger partial charge in [0.2, 0.25) is 0 Å². The molecule has 1 aliphatic carbocycles. The fraction of sp³-hybridized carbons (Fsp3) is 0.533. The van der Waals surface area contributed by atoms with Crippen molar-refractivity contribution in [3.8, 4) is 0 Å². The van der Waals surface area contributed by atoms with Crippen molar-refractivity contribution in [1.29, 1.82) is 0 Å². The Morgan fingerprint density at radius 3 is 2.76 bits per heavy atom. The maximum absolute atomic E-state index is 11.8. The summed E-state index contributed by atoms with van der Waals surface area (Å²) in [6, 6.07) is 8.15. The Bertz CT molecular complexity index is 478. The average Bonchev–Trinajstić information content (AvgIpc) is 3.24. The predicted octanol–water partition coefficient (Wildman–Crippen LogP) is 3.23. The molecule has 0 saturated heterocycles. The molecule has 0 aliphatic heterocycles. The Hall–Kier alpha value is -0.860. The molecule has 2 atom stereocenters. The van der Waals surface area contributed by atoms with Gasteiger partial charge in [0, 0.05) is 16.7 Å². The number of hydrogen-bond acceptors (Lipinski definition) is 4. The molecule has 1 N–H and O–H groups in total. The smallest absolute Gasteiger partial charge is 0.407 e. The normalized spacial score (nSPS) is 17.1. The summed E-state index contributed by atoms with van der Waals surface area (Å²) in [5, 5.41) is 2.81. The minimum atomic E-state index is -0.408. The number of methoxy groups -OCH3 is 1. The molecule has 0 unspecified atom stereocenters. The van der Waals surface area contributed by atoms with Crippen LogP contribution in [-0.2, 0) is 14.2 Å². The van der Waals surface area contributed by atoms with Crippen LogP contribution in [0.1, 0.15) is 31.4 Å². The van der Waals surface area contributed by atoms with Crippen molar-refractivity contribution in [3.63, 3.8) is 0 Å². The summed E-state index contributed by atoms with van der Waals surface area (Å²) >= 11 is 2.25. The number of ether oxygens (including phenoxy) is 3. The summed E-state index contributed by atoms with van der Waals surface area (Å²) in [5.74, 6) is 0. The second kappa shape index (κ2) is 7.95. The van der Waals surface area contributed by atoms with E-state index in [9.17, 15) is 4.79 Å². The number of carbonyl (C=O) groups is 1. The monoisotopic (exact) mass is 405 g/mol. The maximum atomic E-state index is 11.8. The van der Waals surface area contributed by atoms with Crippen LogP contribution < -0.4 is 5.32 Å². The molecule has 2 rings (SSSR count). The van der Waals surface area contributed by atoms with Crippen molar-refractivity contribution in [2.24, 2.45) is 0 Å². The van der Waals surface area contributed by atoms with Gasteiger partial charge in [0.25, 0.3) is 0 Å². The first kappa shape index (κ1) is 16.5. The third kappa shape index (κ3) is 5.12. The van der Waals surface area contributed by atoms with Crippen molar-refractivity contribution in [3.05, 3.63) is 33.4 Å². The summed E-state index contributed by atoms with van der Waals surface area (Å²) in [5.41, 5.74) is 0.988. The van der Waals surface area contributed by atoms with Crippen molar-refractivity contribution < 1.29 is 19.0 Å². The van der Waals surface area contributed by atoms with Gasteiger partial charge < -0.3 is 19.5 Å². The molecule has 0 aromatic heterocycles. The van der Waals surface area contributed by atoms with Gasteiger partial charge in [-0.2, -0.15) is 0 Å². The molecule has 1 saturated carbocycles. The van der Waals surface area contributed by atoms with E-state index in [0.717, 1.165) is 22.0 Å². The van der Waals surface area contributed by atoms with E-state index in [4.69, 9.17) is 14.2 Å². The molecule has 0 bridgehead atoms. The van der Waals surface area contributed by atoms with Gasteiger partial charge in [-0.1, -0.05) is 18.2 Å². The van der Waals surface area contributed by atoms with Crippen LogP contribution in [0.15, 0.2) is 24.3 Å². The zero-order valence-corrected chi connectivity index (χ0v) is 14.3. The van der Waals surface area contributed by atoms with Crippen molar-refractivity contribution in [2.75, 3.05) is 13.9 Å². The lowest BCUT2D eigenvalue weighted by Crippen LogP contribution is -2.33. The molecule has 1 aliphatic rings. The highest BCUT2D eigenvalue weighted by atomic mass is 127. The Balaban J connectivity index is 2.03. The summed E-state index contributed by atoms with van der Waals surface area (Å²) < 4.78 is 17.2. The lowest BCUT2D eigenvalue weighted by Gasteiger charge is -2.25. The molecular weight excluding hydrogens is 385 g/mol. The van der Waals surface area contributed by atoms with Crippen LogP contribution >= 0.6 is 22.6 Å². The van der Waals surface area contributed by atoms with Gasteiger partial charge >= 0.3 is 6.09 Å². The van der Waals surface area contributed by atoms with E-state index in [1.54, 1.807) is 7.11 Å². The zero-order valence-electron chi connectivity index (χ0n) is 12.2. The molecule has 1 aromatic rings. The highest BCUT2D eigenvalue weighted by Gasteiger charge is 2.28. The summed E-state index contributed by atoms with van der Waals surface area (Å²) in [6.45, 7) is 1.98. The SMILES string of the molecule is COCO[C@@H](c1ccccc1I)[C@H](C)OC(=O)NC1CC1. The number of benzene rings is 1. The first-order chi connectivity index (χ1) is 10.1. The van der Waals surface area contributed by atoms with E-state index in [1.807, 2.05) is 31.2 Å². The standard InChI is InChI=1S/C15H20INO4/c1-10(21-15(18)17-11-7-8-11)14(20-9-19-2)12-5-3-4-6-13(12)16/h3-6,10-11,14H,7-9H2,1-2H3,(H,17,18)/t10-,14+/m0/s1. The minimum Gasteiger partial charge on any atom is -0.443 e. The molecule has 0 heterocycles. The van der Waals surface area contributed by atoms with Crippen molar-refractivity contribution in [2.45, 2.75) is 38.0 Å². The first-order valence-corrected chi connectivity index (χ1v) is 8.01. The van der Waals surface area contributed by atoms with Crippen LogP contribution in [0.4, 0.5) is 4.79 Å². The van der Waals surface area contributed by atoms with Crippen LogP contribution in [0, 0.1) is 3.57 Å². The van der Waals surface area contributed by atoms with Crippen LogP contribution in [0.5, 0.6) is 0 Å². The highest BCUT2D eigenvalue weighted by molar-refractivity contribution is 14.1. The molecule has 5 nitrogen and oxygen atoms in total. The molecule has 21 heavy (non-hydrogen) atoms. The van der Waals surface area contributed by atoms with Gasteiger partial charge in [-0.3, -0.25) is 0 Å². The van der Waals surface area contributed by atoms with Gasteiger partial charge in [-0.15, -0.1) is 0 Å². The predicted molar refractivity (Wildman–Crippen MR) is 87.0 cm³/mol. The van der Waals surface area contributed by atoms with Gasteiger partial charge in [0.15, 0.2) is 0 Å². The zero-order chi connectivity index (χ0) is 15.2. The molecular formula is C15H20INO4. The fourth-order valence-electron chi connectivity index (χ4n) is 1.98. The molecule has 0 spiro atoms. The van der Waals surface area contributed by atoms with Crippen molar-refractivity contribution >= 4 is 28.7 Å². The van der Waals surface area contributed by atoms with Crippen LogP contribution in [-0.4, -0.2) is 32.1 Å². The van der Waals surface area contributed by atoms with E-state index in [2.05, 4.69) is 27.9 Å². The minimum absolute atomic E-state index is 0.146. The Morgan fingerprint density at radius 1 is 1.43 bits per heavy atom. The van der Waals surface area contributed by atoms with Crippen LogP contribution in [0.3, 0.4) is 0 Å². The Labute approximate surface area is 138 Å². The molecule has 6 heteroatoms. The highest BCUT2D eigenvalue weighted by Crippen LogP contribution is 2.28. The number of carbonyl (C=O) groups excluding carboxylic acids is 1. The number of hydrogen-bond donors (Lipinski definition) is 1. The van der Waals surface area contributed by atoms with Gasteiger partial charge in [0.1, 0.15) is 19.0 Å². The molecule has 1 aromatic carbocycles. The van der Waals surface area contributed by atoms with E-state index in [0.29, 0.717) is 0 Å². The average molecular weight is 405 g/mol. The van der Waals surface area contributed by atoms with Gasteiger partial charge in [-0.05, 0) is 54.0 Å². The Morgan fingerprint density at radius 2 is 2.14 bits per heavy atom. The molecule has 116 valence electrons. The third-order valence-corrected chi connectivity index (χ3v) is 4.18. The molecule has 1 amide bonds. The second-order valence-corrected chi connectivity index (χ2v) is 6.21. The maximum Gasteiger partial charge on any atom is 0.407 e. The third-order valence-electron chi connectivity index (χ3n) is 3.20. The van der Waals surface area contributed by atoms with Gasteiger partial charge in [0.05, 0.1) is 0 Å². The first-order valence-electron chi connectivity index (χ1n) is 6.94. The Kier molecular flexibility index (Phi) is 6.25. The van der Waals surface area contributed by atoms with E-state index in [1.165, 1.54) is 0 Å². The van der Waals surface area contributed by atoms with Gasteiger partial charge in [-0.25, -0.2) is 4.79 Å². The van der Waals surface area contributed by atoms with Crippen LogP contribution in [0.2, 0.25) is 0 Å². The number of halogens is 1. The lowest BCUT2D eigenvalue weighted by atomic mass is 10.1. The lowest BCUT2D eigenvalue weighted by molar-refractivity contribution is -0.112. The number of nitrogens with one attached hydrogen (secondary N) is 1. The second-order valence-electron chi connectivity index (χ2n) is 5.04. The summed E-state index contributed by atoms with van der Waals surface area (Å²) in [4.78, 5) is 11.8. The quantitative estimate of drug-likeness (QED) is 0.559. The summed E-state index contributed by atoms with van der Waals surface area (Å²) in [7, 11) is 1.57. The van der Waals surface area contributed by atoms with E-state index < -0.39 is 6.10 Å². The summed E-state index contributed by atoms with van der Waals surface area (Å²) in [6.07, 6.45) is 0.910. The molecule has 0 radical (unpaired) electrons. The number of alkyl carbamates (subject to hydrolysis) is 1. The van der Waals surface area contributed by atoms with E-state index in [-0.39, 0.29) is 25.0 Å². The number of rotatable bonds is 7.